The van der Waals surface area contributed by atoms with E-state index in [1.165, 1.54) is 6.07 Å². The number of piperazine rings is 1. The summed E-state index contributed by atoms with van der Waals surface area (Å²) in [6.07, 6.45) is 7.26. The van der Waals surface area contributed by atoms with Crippen LogP contribution in [0.4, 0.5) is 21.7 Å². The van der Waals surface area contributed by atoms with Crippen LogP contribution in [-0.2, 0) is 6.54 Å². The predicted molar refractivity (Wildman–Crippen MR) is 160 cm³/mol. The minimum Gasteiger partial charge on any atom is -0.367 e. The molecule has 0 radical (unpaired) electrons. The third-order valence-electron chi connectivity index (χ3n) is 7.71. The largest absolute Gasteiger partial charge is 0.367 e. The van der Waals surface area contributed by atoms with Gasteiger partial charge in [0.2, 0.25) is 5.95 Å². The number of rotatable bonds is 7. The standard InChI is InChI=1S/C30H29FN8OS/c1-18-6-11-41-27(18)23-12-20-15-34-30(36-22-4-5-25(24(31)13-22)38-9-7-32-8-10-38)37-28(20)39(29(23)40)16-21-14-33-17-35-26(21)19-2-3-19/h4-6,11-15,17,19,32H,2-3,7-10,16H2,1H3,(H,34,36,37). The van der Waals surface area contributed by atoms with Crippen LogP contribution in [-0.4, -0.2) is 50.7 Å². The molecule has 1 aliphatic carbocycles. The second-order valence-corrected chi connectivity index (χ2v) is 11.5. The molecule has 0 amide bonds. The number of hydrogen-bond donors (Lipinski definition) is 2. The van der Waals surface area contributed by atoms with E-state index in [1.54, 1.807) is 40.7 Å². The lowest BCUT2D eigenvalue weighted by Crippen LogP contribution is -2.43. The number of benzene rings is 1. The van der Waals surface area contributed by atoms with E-state index < -0.39 is 0 Å². The molecule has 1 saturated heterocycles. The lowest BCUT2D eigenvalue weighted by molar-refractivity contribution is 0.566. The van der Waals surface area contributed by atoms with Crippen molar-refractivity contribution in [2.24, 2.45) is 0 Å². The van der Waals surface area contributed by atoms with Gasteiger partial charge in [-0.1, -0.05) is 0 Å². The Hall–Kier alpha value is -4.22. The summed E-state index contributed by atoms with van der Waals surface area (Å²) in [6, 6.07) is 8.95. The maximum atomic E-state index is 15.1. The summed E-state index contributed by atoms with van der Waals surface area (Å²) in [5, 5.41) is 9.16. The number of nitrogens with zero attached hydrogens (tertiary/aromatic N) is 6. The highest BCUT2D eigenvalue weighted by molar-refractivity contribution is 7.13. The molecule has 1 aromatic carbocycles. The number of aryl methyl sites for hydroxylation is 1. The first-order chi connectivity index (χ1) is 20.0. The number of nitrogens with one attached hydrogen (secondary N) is 2. The van der Waals surface area contributed by atoms with Gasteiger partial charge in [-0.3, -0.25) is 9.36 Å². The molecule has 5 aromatic rings. The van der Waals surface area contributed by atoms with Crippen LogP contribution in [0, 0.1) is 12.7 Å². The van der Waals surface area contributed by atoms with E-state index in [0.717, 1.165) is 66.1 Å². The molecule has 5 heterocycles. The van der Waals surface area contributed by atoms with Crippen molar-refractivity contribution in [3.8, 4) is 10.4 Å². The van der Waals surface area contributed by atoms with Crippen molar-refractivity contribution in [3.63, 3.8) is 0 Å². The van der Waals surface area contributed by atoms with E-state index in [0.29, 0.717) is 35.0 Å². The molecule has 11 heteroatoms. The van der Waals surface area contributed by atoms with Crippen LogP contribution >= 0.6 is 11.3 Å². The average molecular weight is 569 g/mol. The minimum atomic E-state index is -0.303. The van der Waals surface area contributed by atoms with Gasteiger partial charge in [-0.15, -0.1) is 11.3 Å². The molecule has 1 aliphatic heterocycles. The summed E-state index contributed by atoms with van der Waals surface area (Å²) in [4.78, 5) is 35.1. The van der Waals surface area contributed by atoms with Crippen molar-refractivity contribution in [1.29, 1.82) is 0 Å². The maximum absolute atomic E-state index is 15.1. The molecule has 0 spiro atoms. The zero-order valence-corrected chi connectivity index (χ0v) is 23.4. The van der Waals surface area contributed by atoms with Gasteiger partial charge in [-0.25, -0.2) is 19.3 Å². The normalized spacial score (nSPS) is 15.4. The number of anilines is 3. The number of fused-ring (bicyclic) bond motifs is 1. The Morgan fingerprint density at radius 1 is 1.12 bits per heavy atom. The molecule has 2 N–H and O–H groups in total. The van der Waals surface area contributed by atoms with Crippen LogP contribution in [0.3, 0.4) is 0 Å². The third kappa shape index (κ3) is 5.07. The molecule has 208 valence electrons. The first-order valence-corrected chi connectivity index (χ1v) is 14.7. The van der Waals surface area contributed by atoms with Gasteiger partial charge in [-0.2, -0.15) is 4.98 Å². The van der Waals surface area contributed by atoms with Crippen molar-refractivity contribution in [3.05, 3.63) is 87.4 Å². The monoisotopic (exact) mass is 568 g/mol. The molecule has 0 unspecified atom stereocenters. The first kappa shape index (κ1) is 25.7. The van der Waals surface area contributed by atoms with Crippen molar-refractivity contribution in [2.45, 2.75) is 32.2 Å². The number of hydrogen-bond acceptors (Lipinski definition) is 9. The second-order valence-electron chi connectivity index (χ2n) is 10.6. The van der Waals surface area contributed by atoms with Gasteiger partial charge in [0.15, 0.2) is 0 Å². The summed E-state index contributed by atoms with van der Waals surface area (Å²) >= 11 is 1.54. The lowest BCUT2D eigenvalue weighted by Gasteiger charge is -2.29. The molecule has 9 nitrogen and oxygen atoms in total. The average Bonchev–Trinajstić information content (AvgIpc) is 3.75. The van der Waals surface area contributed by atoms with Gasteiger partial charge in [0, 0.05) is 66.0 Å². The zero-order valence-electron chi connectivity index (χ0n) is 22.6. The predicted octanol–water partition coefficient (Wildman–Crippen LogP) is 4.84. The highest BCUT2D eigenvalue weighted by Gasteiger charge is 2.28. The van der Waals surface area contributed by atoms with Gasteiger partial charge < -0.3 is 15.5 Å². The molecular formula is C30H29FN8OS. The number of halogens is 1. The summed E-state index contributed by atoms with van der Waals surface area (Å²) in [7, 11) is 0. The van der Waals surface area contributed by atoms with Crippen LogP contribution in [0.2, 0.25) is 0 Å². The van der Waals surface area contributed by atoms with Crippen LogP contribution in [0.5, 0.6) is 0 Å². The highest BCUT2D eigenvalue weighted by Crippen LogP contribution is 2.40. The Kier molecular flexibility index (Phi) is 6.68. The number of pyridine rings is 1. The quantitative estimate of drug-likeness (QED) is 0.288. The molecule has 2 fully saturated rings. The SMILES string of the molecule is Cc1ccsc1-c1cc2cnc(Nc3ccc(N4CCNCC4)c(F)c3)nc2n(Cc2cncnc2C2CC2)c1=O. The second kappa shape index (κ2) is 10.6. The lowest BCUT2D eigenvalue weighted by atomic mass is 10.1. The van der Waals surface area contributed by atoms with Gasteiger partial charge in [0.25, 0.3) is 5.56 Å². The molecule has 7 rings (SSSR count). The molecule has 1 saturated carbocycles. The summed E-state index contributed by atoms with van der Waals surface area (Å²) < 4.78 is 16.8. The fourth-order valence-corrected chi connectivity index (χ4v) is 6.37. The Morgan fingerprint density at radius 2 is 1.98 bits per heavy atom. The summed E-state index contributed by atoms with van der Waals surface area (Å²) in [5.41, 5.74) is 5.04. The van der Waals surface area contributed by atoms with E-state index >= 15 is 4.39 Å². The summed E-state index contributed by atoms with van der Waals surface area (Å²) in [6.45, 7) is 5.49. The Balaban J connectivity index is 1.29. The Labute approximate surface area is 240 Å². The number of thiophene rings is 1. The molecular weight excluding hydrogens is 539 g/mol. The van der Waals surface area contributed by atoms with Crippen molar-refractivity contribution >= 4 is 39.7 Å². The van der Waals surface area contributed by atoms with Crippen LogP contribution in [0.1, 0.15) is 35.6 Å². The van der Waals surface area contributed by atoms with Gasteiger partial charge >= 0.3 is 0 Å². The van der Waals surface area contributed by atoms with Crippen molar-refractivity contribution < 1.29 is 4.39 Å². The van der Waals surface area contributed by atoms with E-state index in [-0.39, 0.29) is 17.3 Å². The molecule has 41 heavy (non-hydrogen) atoms. The Bertz CT molecular complexity index is 1810. The minimum absolute atomic E-state index is 0.135. The van der Waals surface area contributed by atoms with E-state index in [4.69, 9.17) is 4.98 Å². The van der Waals surface area contributed by atoms with E-state index in [2.05, 4.69) is 25.6 Å². The fraction of sp³-hybridized carbons (Fsp3) is 0.300. The smallest absolute Gasteiger partial charge is 0.261 e. The molecule has 2 aliphatic rings. The van der Waals surface area contributed by atoms with Gasteiger partial charge in [-0.05, 0) is 61.0 Å². The molecule has 0 bridgehead atoms. The van der Waals surface area contributed by atoms with E-state index in [9.17, 15) is 4.79 Å². The molecule has 4 aromatic heterocycles. The zero-order chi connectivity index (χ0) is 27.9. The highest BCUT2D eigenvalue weighted by atomic mass is 32.1. The van der Waals surface area contributed by atoms with Crippen LogP contribution in [0.15, 0.2) is 59.2 Å². The van der Waals surface area contributed by atoms with E-state index in [1.807, 2.05) is 35.4 Å². The fourth-order valence-electron chi connectivity index (χ4n) is 5.44. The molecule has 0 atom stereocenters. The van der Waals surface area contributed by atoms with Gasteiger partial charge in [0.1, 0.15) is 17.8 Å². The maximum Gasteiger partial charge on any atom is 0.261 e. The van der Waals surface area contributed by atoms with Crippen molar-refractivity contribution in [2.75, 3.05) is 36.4 Å². The van der Waals surface area contributed by atoms with Crippen LogP contribution in [0.25, 0.3) is 21.5 Å². The number of aromatic nitrogens is 5. The first-order valence-electron chi connectivity index (χ1n) is 13.8. The van der Waals surface area contributed by atoms with Crippen molar-refractivity contribution in [1.82, 2.24) is 29.8 Å². The summed E-state index contributed by atoms with van der Waals surface area (Å²) in [5.74, 6) is 0.387. The topological polar surface area (TPSA) is 101 Å². The Morgan fingerprint density at radius 3 is 2.73 bits per heavy atom. The third-order valence-corrected chi connectivity index (χ3v) is 8.76. The van der Waals surface area contributed by atoms with Crippen LogP contribution < -0.4 is 21.1 Å². The van der Waals surface area contributed by atoms with Gasteiger partial charge in [0.05, 0.1) is 23.5 Å².